The summed E-state index contributed by atoms with van der Waals surface area (Å²) in [6.07, 6.45) is 3.49. The third kappa shape index (κ3) is 3.22. The first-order valence-corrected chi connectivity index (χ1v) is 6.39. The van der Waals surface area contributed by atoms with Crippen LogP contribution in [0.4, 0.5) is 0 Å². The lowest BCUT2D eigenvalue weighted by Gasteiger charge is -2.20. The molecule has 19 heavy (non-hydrogen) atoms. The summed E-state index contributed by atoms with van der Waals surface area (Å²) < 4.78 is 0. The monoisotopic (exact) mass is 258 g/mol. The van der Waals surface area contributed by atoms with Crippen LogP contribution in [0.25, 0.3) is 0 Å². The van der Waals surface area contributed by atoms with Gasteiger partial charge < -0.3 is 10.2 Å². The van der Waals surface area contributed by atoms with Crippen molar-refractivity contribution in [1.82, 2.24) is 10.2 Å². The van der Waals surface area contributed by atoms with Crippen LogP contribution in [-0.2, 0) is 11.3 Å². The fourth-order valence-corrected chi connectivity index (χ4v) is 1.99. The number of amides is 2. The maximum Gasteiger partial charge on any atom is 0.251 e. The van der Waals surface area contributed by atoms with Gasteiger partial charge in [0.1, 0.15) is 0 Å². The summed E-state index contributed by atoms with van der Waals surface area (Å²) in [6.45, 7) is 4.11. The average molecular weight is 258 g/mol. The van der Waals surface area contributed by atoms with Crippen LogP contribution in [0.1, 0.15) is 28.8 Å². The van der Waals surface area contributed by atoms with E-state index in [1.54, 1.807) is 19.2 Å². The standard InChI is InChI=1S/C15H18N2O2/c1-3-14(18)17(13-8-9-13)10-11-4-6-12(7-5-11)15(19)16-2/h3-7,13H,1,8-10H2,2H3,(H,16,19). The third-order valence-electron chi connectivity index (χ3n) is 3.24. The number of carbonyl (C=O) groups is 2. The third-order valence-corrected chi connectivity index (χ3v) is 3.24. The highest BCUT2D eigenvalue weighted by molar-refractivity contribution is 5.94. The Labute approximate surface area is 113 Å². The van der Waals surface area contributed by atoms with Crippen molar-refractivity contribution in [2.75, 3.05) is 7.05 Å². The molecule has 0 atom stereocenters. The minimum absolute atomic E-state index is 0.0297. The Morgan fingerprint density at radius 3 is 2.47 bits per heavy atom. The maximum atomic E-state index is 11.8. The quantitative estimate of drug-likeness (QED) is 0.818. The summed E-state index contributed by atoms with van der Waals surface area (Å²) in [7, 11) is 1.60. The molecule has 1 N–H and O–H groups in total. The van der Waals surface area contributed by atoms with E-state index in [0.717, 1.165) is 18.4 Å². The van der Waals surface area contributed by atoms with Gasteiger partial charge in [-0.2, -0.15) is 0 Å². The molecule has 1 saturated carbocycles. The fraction of sp³-hybridized carbons (Fsp3) is 0.333. The van der Waals surface area contributed by atoms with Crippen molar-refractivity contribution in [1.29, 1.82) is 0 Å². The van der Waals surface area contributed by atoms with Gasteiger partial charge in [0.15, 0.2) is 0 Å². The number of hydrogen-bond donors (Lipinski definition) is 1. The van der Waals surface area contributed by atoms with E-state index >= 15 is 0 Å². The number of nitrogens with one attached hydrogen (secondary N) is 1. The van der Waals surface area contributed by atoms with Gasteiger partial charge in [-0.05, 0) is 36.6 Å². The molecule has 0 heterocycles. The van der Waals surface area contributed by atoms with E-state index < -0.39 is 0 Å². The summed E-state index contributed by atoms with van der Waals surface area (Å²) in [6, 6.07) is 7.67. The molecule has 100 valence electrons. The van der Waals surface area contributed by atoms with Gasteiger partial charge in [-0.25, -0.2) is 0 Å². The first kappa shape index (κ1) is 13.3. The van der Waals surface area contributed by atoms with E-state index in [-0.39, 0.29) is 11.8 Å². The molecule has 0 aliphatic heterocycles. The minimum Gasteiger partial charge on any atom is -0.355 e. The van der Waals surface area contributed by atoms with Crippen molar-refractivity contribution < 1.29 is 9.59 Å². The molecule has 0 spiro atoms. The van der Waals surface area contributed by atoms with Crippen LogP contribution in [0.5, 0.6) is 0 Å². The summed E-state index contributed by atoms with van der Waals surface area (Å²) in [5.41, 5.74) is 1.65. The van der Waals surface area contributed by atoms with Gasteiger partial charge >= 0.3 is 0 Å². The molecule has 4 nitrogen and oxygen atoms in total. The summed E-state index contributed by atoms with van der Waals surface area (Å²) >= 11 is 0. The first-order chi connectivity index (χ1) is 9.15. The van der Waals surface area contributed by atoms with Crippen LogP contribution < -0.4 is 5.32 Å². The predicted octanol–water partition coefficient (Wildman–Crippen LogP) is 1.72. The molecule has 4 heteroatoms. The fourth-order valence-electron chi connectivity index (χ4n) is 1.99. The van der Waals surface area contributed by atoms with E-state index in [9.17, 15) is 9.59 Å². The van der Waals surface area contributed by atoms with Gasteiger partial charge in [0.05, 0.1) is 0 Å². The second kappa shape index (κ2) is 5.69. The topological polar surface area (TPSA) is 49.4 Å². The molecule has 2 amide bonds. The smallest absolute Gasteiger partial charge is 0.251 e. The maximum absolute atomic E-state index is 11.8. The highest BCUT2D eigenvalue weighted by Gasteiger charge is 2.31. The summed E-state index contributed by atoms with van der Waals surface area (Å²) in [5, 5.41) is 2.58. The molecule has 2 rings (SSSR count). The number of nitrogens with zero attached hydrogens (tertiary/aromatic N) is 1. The number of rotatable bonds is 5. The van der Waals surface area contributed by atoms with Crippen LogP contribution in [0.3, 0.4) is 0 Å². The molecular formula is C15H18N2O2. The zero-order valence-corrected chi connectivity index (χ0v) is 11.1. The van der Waals surface area contributed by atoms with Crippen molar-refractivity contribution in [3.8, 4) is 0 Å². The molecule has 1 fully saturated rings. The summed E-state index contributed by atoms with van der Waals surface area (Å²) in [4.78, 5) is 25.0. The van der Waals surface area contributed by atoms with Gasteiger partial charge in [-0.3, -0.25) is 9.59 Å². The molecule has 1 aliphatic carbocycles. The zero-order valence-electron chi connectivity index (χ0n) is 11.1. The van der Waals surface area contributed by atoms with Crippen molar-refractivity contribution >= 4 is 11.8 Å². The molecule has 0 unspecified atom stereocenters. The van der Waals surface area contributed by atoms with Crippen LogP contribution in [0, 0.1) is 0 Å². The van der Waals surface area contributed by atoms with Crippen molar-refractivity contribution in [2.45, 2.75) is 25.4 Å². The van der Waals surface area contributed by atoms with Crippen LogP contribution in [0.2, 0.25) is 0 Å². The van der Waals surface area contributed by atoms with Gasteiger partial charge in [0.2, 0.25) is 5.91 Å². The molecule has 0 bridgehead atoms. The van der Waals surface area contributed by atoms with Crippen LogP contribution in [-0.4, -0.2) is 29.8 Å². The Kier molecular flexibility index (Phi) is 4.00. The molecule has 0 saturated heterocycles. The SMILES string of the molecule is C=CC(=O)N(Cc1ccc(C(=O)NC)cc1)C1CC1. The van der Waals surface area contributed by atoms with Crippen molar-refractivity contribution in [3.05, 3.63) is 48.0 Å². The lowest BCUT2D eigenvalue weighted by Crippen LogP contribution is -2.30. The lowest BCUT2D eigenvalue weighted by molar-refractivity contribution is -0.127. The second-order valence-electron chi connectivity index (χ2n) is 4.68. The molecule has 1 aromatic rings. The molecule has 0 radical (unpaired) electrons. The van der Waals surface area contributed by atoms with E-state index in [1.807, 2.05) is 17.0 Å². The second-order valence-corrected chi connectivity index (χ2v) is 4.68. The molecular weight excluding hydrogens is 240 g/mol. The van der Waals surface area contributed by atoms with Crippen molar-refractivity contribution in [3.63, 3.8) is 0 Å². The van der Waals surface area contributed by atoms with E-state index in [2.05, 4.69) is 11.9 Å². The van der Waals surface area contributed by atoms with Gasteiger partial charge in [-0.1, -0.05) is 18.7 Å². The lowest BCUT2D eigenvalue weighted by atomic mass is 10.1. The molecule has 0 aromatic heterocycles. The predicted molar refractivity (Wildman–Crippen MR) is 73.6 cm³/mol. The van der Waals surface area contributed by atoms with Gasteiger partial charge in [-0.15, -0.1) is 0 Å². The highest BCUT2D eigenvalue weighted by atomic mass is 16.2. The number of carbonyl (C=O) groups excluding carboxylic acids is 2. The Balaban J connectivity index is 2.07. The molecule has 1 aliphatic rings. The normalized spacial score (nSPS) is 13.7. The minimum atomic E-state index is -0.104. The Morgan fingerprint density at radius 2 is 2.00 bits per heavy atom. The van der Waals surface area contributed by atoms with Gasteiger partial charge in [0, 0.05) is 25.2 Å². The highest BCUT2D eigenvalue weighted by Crippen LogP contribution is 2.28. The van der Waals surface area contributed by atoms with E-state index in [0.29, 0.717) is 18.2 Å². The average Bonchev–Trinajstić information content (AvgIpc) is 3.28. The Bertz CT molecular complexity index is 489. The van der Waals surface area contributed by atoms with Crippen LogP contribution >= 0.6 is 0 Å². The Morgan fingerprint density at radius 1 is 1.37 bits per heavy atom. The number of hydrogen-bond acceptors (Lipinski definition) is 2. The zero-order chi connectivity index (χ0) is 13.8. The van der Waals surface area contributed by atoms with Crippen LogP contribution in [0.15, 0.2) is 36.9 Å². The largest absolute Gasteiger partial charge is 0.355 e. The van der Waals surface area contributed by atoms with E-state index in [1.165, 1.54) is 6.08 Å². The van der Waals surface area contributed by atoms with Crippen molar-refractivity contribution in [2.24, 2.45) is 0 Å². The Hall–Kier alpha value is -2.10. The van der Waals surface area contributed by atoms with Gasteiger partial charge in [0.25, 0.3) is 5.91 Å². The first-order valence-electron chi connectivity index (χ1n) is 6.39. The molecule has 1 aromatic carbocycles. The number of benzene rings is 1. The summed E-state index contributed by atoms with van der Waals surface area (Å²) in [5.74, 6) is -0.134. The van der Waals surface area contributed by atoms with E-state index in [4.69, 9.17) is 0 Å².